The van der Waals surface area contributed by atoms with Gasteiger partial charge in [0.25, 0.3) is 6.43 Å². The number of halogens is 2. The number of ether oxygens (including phenoxy) is 1. The fourth-order valence-electron chi connectivity index (χ4n) is 2.64. The van der Waals surface area contributed by atoms with Crippen LogP contribution in [0.3, 0.4) is 0 Å². The fraction of sp³-hybridized carbons (Fsp3) is 0.545. The normalized spacial score (nSPS) is 28.9. The van der Waals surface area contributed by atoms with E-state index in [9.17, 15) is 8.78 Å². The maximum Gasteiger partial charge on any atom is 0.299 e. The molecule has 8 heteroatoms. The Morgan fingerprint density at radius 1 is 1.26 bits per heavy atom. The smallest absolute Gasteiger partial charge is 0.299 e. The molecule has 0 amide bonds. The zero-order chi connectivity index (χ0) is 13.0. The van der Waals surface area contributed by atoms with Gasteiger partial charge in [0.2, 0.25) is 5.82 Å². The topological polar surface area (TPSA) is 64.3 Å². The summed E-state index contributed by atoms with van der Waals surface area (Å²) in [5, 5.41) is 14.5. The monoisotopic (exact) mass is 267 g/mol. The molecule has 100 valence electrons. The van der Waals surface area contributed by atoms with Crippen LogP contribution in [0.5, 0.6) is 0 Å². The van der Waals surface area contributed by atoms with Crippen molar-refractivity contribution in [1.29, 1.82) is 0 Å². The van der Waals surface area contributed by atoms with Crippen molar-refractivity contribution in [3.63, 3.8) is 0 Å². The molecule has 0 spiro atoms. The van der Waals surface area contributed by atoms with Gasteiger partial charge in [-0.3, -0.25) is 0 Å². The van der Waals surface area contributed by atoms with Gasteiger partial charge in [0, 0.05) is 17.9 Å². The van der Waals surface area contributed by atoms with Crippen molar-refractivity contribution in [3.8, 4) is 0 Å². The van der Waals surface area contributed by atoms with E-state index in [1.807, 2.05) is 0 Å². The van der Waals surface area contributed by atoms with E-state index in [-0.39, 0.29) is 0 Å². The summed E-state index contributed by atoms with van der Waals surface area (Å²) < 4.78 is 31.8. The maximum absolute atomic E-state index is 12.7. The van der Waals surface area contributed by atoms with Crippen molar-refractivity contribution in [2.75, 3.05) is 18.5 Å². The second-order valence-electron chi connectivity index (χ2n) is 4.88. The summed E-state index contributed by atoms with van der Waals surface area (Å²) in [6.07, 6.45) is -2.69. The maximum atomic E-state index is 12.7. The molecule has 1 saturated heterocycles. The molecule has 1 N–H and O–H groups in total. The largest absolute Gasteiger partial charge is 0.381 e. The predicted octanol–water partition coefficient (Wildman–Crippen LogP) is 1.12. The molecule has 4 rings (SSSR count). The number of aromatic nitrogens is 4. The van der Waals surface area contributed by atoms with Gasteiger partial charge >= 0.3 is 0 Å². The molecule has 3 atom stereocenters. The molecule has 1 aliphatic heterocycles. The number of rotatable bonds is 3. The molecule has 0 bridgehead atoms. The first-order valence-electron chi connectivity index (χ1n) is 6.09. The summed E-state index contributed by atoms with van der Waals surface area (Å²) in [6, 6.07) is 3.70. The minimum Gasteiger partial charge on any atom is -0.381 e. The van der Waals surface area contributed by atoms with Crippen molar-refractivity contribution in [3.05, 3.63) is 18.0 Å². The van der Waals surface area contributed by atoms with E-state index in [0.29, 0.717) is 29.3 Å². The van der Waals surface area contributed by atoms with Crippen LogP contribution in [0.1, 0.15) is 12.2 Å². The molecular formula is C11H11F2N5O. The molecule has 19 heavy (non-hydrogen) atoms. The predicted molar refractivity (Wildman–Crippen MR) is 60.9 cm³/mol. The van der Waals surface area contributed by atoms with Crippen LogP contribution in [0.25, 0.3) is 5.65 Å². The Hall–Kier alpha value is -1.83. The van der Waals surface area contributed by atoms with Crippen molar-refractivity contribution in [2.24, 2.45) is 11.8 Å². The first kappa shape index (κ1) is 11.0. The van der Waals surface area contributed by atoms with E-state index in [2.05, 4.69) is 20.6 Å². The van der Waals surface area contributed by atoms with Gasteiger partial charge < -0.3 is 10.1 Å². The van der Waals surface area contributed by atoms with Gasteiger partial charge in [-0.2, -0.15) is 4.52 Å². The number of hydrogen-bond acceptors (Lipinski definition) is 5. The van der Waals surface area contributed by atoms with Gasteiger partial charge in [-0.25, -0.2) is 8.78 Å². The minimum atomic E-state index is -2.69. The molecule has 2 aromatic heterocycles. The van der Waals surface area contributed by atoms with Crippen molar-refractivity contribution >= 4 is 11.5 Å². The highest BCUT2D eigenvalue weighted by atomic mass is 19.3. The summed E-state index contributed by atoms with van der Waals surface area (Å²) in [5.74, 6) is 1.17. The molecule has 1 aliphatic carbocycles. The third-order valence-corrected chi connectivity index (χ3v) is 3.75. The van der Waals surface area contributed by atoms with Crippen LogP contribution >= 0.6 is 0 Å². The lowest BCUT2D eigenvalue weighted by atomic mass is 10.4. The van der Waals surface area contributed by atoms with E-state index in [1.54, 1.807) is 12.1 Å². The number of nitrogens with one attached hydrogen (secondary N) is 1. The van der Waals surface area contributed by atoms with Gasteiger partial charge in [0.1, 0.15) is 5.82 Å². The van der Waals surface area contributed by atoms with Gasteiger partial charge in [0.05, 0.1) is 13.2 Å². The molecule has 1 saturated carbocycles. The average molecular weight is 267 g/mol. The van der Waals surface area contributed by atoms with E-state index in [1.165, 1.54) is 0 Å². The van der Waals surface area contributed by atoms with Crippen LogP contribution in [-0.4, -0.2) is 39.1 Å². The third kappa shape index (κ3) is 1.66. The van der Waals surface area contributed by atoms with E-state index < -0.39 is 12.2 Å². The lowest BCUT2D eigenvalue weighted by Gasteiger charge is -2.08. The SMILES string of the molecule is FC(F)c1nnc2ccc(NC3[C@H]4COC[C@@H]34)nn12. The Balaban J connectivity index is 1.62. The highest BCUT2D eigenvalue weighted by Crippen LogP contribution is 2.45. The van der Waals surface area contributed by atoms with Crippen molar-refractivity contribution < 1.29 is 13.5 Å². The summed E-state index contributed by atoms with van der Waals surface area (Å²) in [7, 11) is 0. The van der Waals surface area contributed by atoms with E-state index in [4.69, 9.17) is 4.74 Å². The van der Waals surface area contributed by atoms with Crippen molar-refractivity contribution in [2.45, 2.75) is 12.5 Å². The third-order valence-electron chi connectivity index (χ3n) is 3.75. The number of fused-ring (bicyclic) bond motifs is 2. The lowest BCUT2D eigenvalue weighted by molar-refractivity contribution is 0.137. The van der Waals surface area contributed by atoms with Gasteiger partial charge in [-0.15, -0.1) is 15.3 Å². The molecule has 6 nitrogen and oxygen atoms in total. The first-order valence-corrected chi connectivity index (χ1v) is 6.09. The zero-order valence-corrected chi connectivity index (χ0v) is 9.83. The second-order valence-corrected chi connectivity index (χ2v) is 4.88. The van der Waals surface area contributed by atoms with Crippen LogP contribution in [0.4, 0.5) is 14.6 Å². The van der Waals surface area contributed by atoms with Crippen molar-refractivity contribution in [1.82, 2.24) is 19.8 Å². The summed E-state index contributed by atoms with van der Waals surface area (Å²) in [5.41, 5.74) is 0.320. The standard InChI is InChI=1S/C11H11F2N5O/c12-10(13)11-16-15-8-2-1-7(17-18(8)11)14-9-5-3-19-4-6(5)9/h1-2,5-6,9-10H,3-4H2,(H,14,17)/t5-,6+,9?. The Morgan fingerprint density at radius 3 is 2.79 bits per heavy atom. The van der Waals surface area contributed by atoms with E-state index >= 15 is 0 Å². The Bertz CT molecular complexity index is 621. The zero-order valence-electron chi connectivity index (χ0n) is 9.83. The van der Waals surface area contributed by atoms with Gasteiger partial charge in [-0.05, 0) is 12.1 Å². The van der Waals surface area contributed by atoms with Crippen LogP contribution in [0.2, 0.25) is 0 Å². The molecule has 1 unspecified atom stereocenters. The lowest BCUT2D eigenvalue weighted by Crippen LogP contribution is -2.14. The minimum absolute atomic E-state index is 0.320. The summed E-state index contributed by atoms with van der Waals surface area (Å²) >= 11 is 0. The number of alkyl halides is 2. The molecule has 2 aliphatic rings. The Kier molecular flexibility index (Phi) is 2.22. The summed E-state index contributed by atoms with van der Waals surface area (Å²) in [6.45, 7) is 1.53. The highest BCUT2D eigenvalue weighted by molar-refractivity contribution is 5.46. The Labute approximate surface area is 106 Å². The fourth-order valence-corrected chi connectivity index (χ4v) is 2.64. The van der Waals surface area contributed by atoms with Crippen LogP contribution in [-0.2, 0) is 4.74 Å². The quantitative estimate of drug-likeness (QED) is 0.902. The highest BCUT2D eigenvalue weighted by Gasteiger charge is 2.54. The number of nitrogens with zero attached hydrogens (tertiary/aromatic N) is 4. The molecule has 0 radical (unpaired) electrons. The average Bonchev–Trinajstić information content (AvgIpc) is 2.84. The number of anilines is 1. The molecule has 3 heterocycles. The first-order chi connectivity index (χ1) is 9.24. The van der Waals surface area contributed by atoms with Gasteiger partial charge in [0.15, 0.2) is 5.65 Å². The Morgan fingerprint density at radius 2 is 2.05 bits per heavy atom. The van der Waals surface area contributed by atoms with Gasteiger partial charge in [-0.1, -0.05) is 0 Å². The van der Waals surface area contributed by atoms with Crippen LogP contribution in [0.15, 0.2) is 12.1 Å². The van der Waals surface area contributed by atoms with E-state index in [0.717, 1.165) is 17.7 Å². The number of hydrogen-bond donors (Lipinski definition) is 1. The van der Waals surface area contributed by atoms with Crippen LogP contribution in [0, 0.1) is 11.8 Å². The molecule has 0 aromatic carbocycles. The molecular weight excluding hydrogens is 256 g/mol. The molecule has 2 fully saturated rings. The van der Waals surface area contributed by atoms with Crippen LogP contribution < -0.4 is 5.32 Å². The molecule has 2 aromatic rings. The second kappa shape index (κ2) is 3.83. The summed E-state index contributed by atoms with van der Waals surface area (Å²) in [4.78, 5) is 0.